The van der Waals surface area contributed by atoms with Crippen molar-refractivity contribution in [2.45, 2.75) is 19.8 Å². The van der Waals surface area contributed by atoms with Crippen LogP contribution in [-0.4, -0.2) is 30.6 Å². The summed E-state index contributed by atoms with van der Waals surface area (Å²) in [4.78, 5) is 24.6. The van der Waals surface area contributed by atoms with Gasteiger partial charge in [-0.3, -0.25) is 9.59 Å². The standard InChI is InChI=1S/C14H17NO4/c1-3-11(14(17)18)13(16)15(2)10-4-5-12-9(8-10)6-7-19-12/h4-5,8,11H,3,6-7H2,1-2H3,(H,17,18). The summed E-state index contributed by atoms with van der Waals surface area (Å²) in [5.41, 5.74) is 1.76. The Morgan fingerprint density at radius 3 is 2.84 bits per heavy atom. The lowest BCUT2D eigenvalue weighted by atomic mass is 10.0. The zero-order valence-corrected chi connectivity index (χ0v) is 11.0. The van der Waals surface area contributed by atoms with Gasteiger partial charge in [0.15, 0.2) is 0 Å². The van der Waals surface area contributed by atoms with Crippen molar-refractivity contribution in [2.24, 2.45) is 5.92 Å². The van der Waals surface area contributed by atoms with Crippen molar-refractivity contribution in [3.8, 4) is 5.75 Å². The Morgan fingerprint density at radius 1 is 1.47 bits per heavy atom. The van der Waals surface area contributed by atoms with Crippen molar-refractivity contribution < 1.29 is 19.4 Å². The summed E-state index contributed by atoms with van der Waals surface area (Å²) >= 11 is 0. The van der Waals surface area contributed by atoms with E-state index < -0.39 is 17.8 Å². The van der Waals surface area contributed by atoms with Crippen LogP contribution in [0.5, 0.6) is 5.75 Å². The molecule has 1 aliphatic heterocycles. The molecule has 0 saturated carbocycles. The van der Waals surface area contributed by atoms with Crippen molar-refractivity contribution in [3.63, 3.8) is 0 Å². The van der Waals surface area contributed by atoms with Gasteiger partial charge in [0.05, 0.1) is 6.61 Å². The van der Waals surface area contributed by atoms with E-state index in [2.05, 4.69) is 0 Å². The second-order valence-corrected chi connectivity index (χ2v) is 4.59. The molecule has 1 N–H and O–H groups in total. The maximum Gasteiger partial charge on any atom is 0.316 e. The lowest BCUT2D eigenvalue weighted by molar-refractivity contribution is -0.146. The number of carboxylic acid groups (broad SMARTS) is 1. The summed E-state index contributed by atoms with van der Waals surface area (Å²) in [6, 6.07) is 5.48. The zero-order valence-electron chi connectivity index (χ0n) is 11.0. The first-order valence-corrected chi connectivity index (χ1v) is 6.30. The van der Waals surface area contributed by atoms with E-state index in [1.807, 2.05) is 12.1 Å². The molecule has 1 unspecified atom stereocenters. The number of rotatable bonds is 4. The lowest BCUT2D eigenvalue weighted by Gasteiger charge is -2.21. The van der Waals surface area contributed by atoms with Crippen LogP contribution in [0.4, 0.5) is 5.69 Å². The van der Waals surface area contributed by atoms with Gasteiger partial charge < -0.3 is 14.7 Å². The number of carbonyl (C=O) groups is 2. The zero-order chi connectivity index (χ0) is 14.0. The minimum atomic E-state index is -1.08. The van der Waals surface area contributed by atoms with Gasteiger partial charge in [0.25, 0.3) is 0 Å². The fourth-order valence-corrected chi connectivity index (χ4v) is 2.20. The molecular weight excluding hydrogens is 246 g/mol. The molecule has 0 spiro atoms. The molecule has 5 nitrogen and oxygen atoms in total. The van der Waals surface area contributed by atoms with Gasteiger partial charge in [-0.2, -0.15) is 0 Å². The summed E-state index contributed by atoms with van der Waals surface area (Å²) in [5.74, 6) is -1.62. The predicted octanol–water partition coefficient (Wildman–Crippen LogP) is 1.70. The van der Waals surface area contributed by atoms with Gasteiger partial charge in [-0.1, -0.05) is 6.92 Å². The summed E-state index contributed by atoms with van der Waals surface area (Å²) in [7, 11) is 1.60. The van der Waals surface area contributed by atoms with E-state index in [1.54, 1.807) is 20.0 Å². The third-order valence-corrected chi connectivity index (χ3v) is 3.40. The van der Waals surface area contributed by atoms with Crippen LogP contribution in [0.3, 0.4) is 0 Å². The fourth-order valence-electron chi connectivity index (χ4n) is 2.20. The summed E-state index contributed by atoms with van der Waals surface area (Å²) < 4.78 is 5.40. The second-order valence-electron chi connectivity index (χ2n) is 4.59. The third kappa shape index (κ3) is 2.54. The number of hydrogen-bond acceptors (Lipinski definition) is 3. The number of amides is 1. The summed E-state index contributed by atoms with van der Waals surface area (Å²) in [5, 5.41) is 9.03. The Morgan fingerprint density at radius 2 is 2.21 bits per heavy atom. The van der Waals surface area contributed by atoms with Crippen molar-refractivity contribution in [1.82, 2.24) is 0 Å². The van der Waals surface area contributed by atoms with E-state index in [4.69, 9.17) is 9.84 Å². The molecule has 1 aromatic rings. The number of fused-ring (bicyclic) bond motifs is 1. The average Bonchev–Trinajstić information content (AvgIpc) is 2.85. The van der Waals surface area contributed by atoms with Crippen LogP contribution in [-0.2, 0) is 16.0 Å². The van der Waals surface area contributed by atoms with Crippen LogP contribution >= 0.6 is 0 Å². The number of nitrogens with zero attached hydrogens (tertiary/aromatic N) is 1. The van der Waals surface area contributed by atoms with Gasteiger partial charge in [-0.05, 0) is 30.2 Å². The topological polar surface area (TPSA) is 66.8 Å². The highest BCUT2D eigenvalue weighted by atomic mass is 16.5. The van der Waals surface area contributed by atoms with Crippen molar-refractivity contribution in [1.29, 1.82) is 0 Å². The largest absolute Gasteiger partial charge is 0.493 e. The van der Waals surface area contributed by atoms with Crippen LogP contribution in [0, 0.1) is 5.92 Å². The number of carboxylic acids is 1. The Bertz CT molecular complexity index is 512. The van der Waals surface area contributed by atoms with Gasteiger partial charge in [0, 0.05) is 19.2 Å². The van der Waals surface area contributed by atoms with E-state index in [1.165, 1.54) is 4.90 Å². The molecule has 1 atom stereocenters. The molecule has 1 heterocycles. The van der Waals surface area contributed by atoms with E-state index in [0.717, 1.165) is 17.7 Å². The fraction of sp³-hybridized carbons (Fsp3) is 0.429. The van der Waals surface area contributed by atoms with Crippen molar-refractivity contribution >= 4 is 17.6 Å². The minimum absolute atomic E-state index is 0.284. The van der Waals surface area contributed by atoms with Crippen molar-refractivity contribution in [3.05, 3.63) is 23.8 Å². The maximum atomic E-state index is 12.1. The molecule has 5 heteroatoms. The molecule has 0 aromatic heterocycles. The Balaban J connectivity index is 2.21. The van der Waals surface area contributed by atoms with Crippen LogP contribution in [0.15, 0.2) is 18.2 Å². The normalized spacial score (nSPS) is 14.4. The first kappa shape index (κ1) is 13.4. The molecular formula is C14H17NO4. The number of anilines is 1. The van der Waals surface area contributed by atoms with Gasteiger partial charge >= 0.3 is 5.97 Å². The SMILES string of the molecule is CCC(C(=O)O)C(=O)N(C)c1ccc2c(c1)CCO2. The average molecular weight is 263 g/mol. The Labute approximate surface area is 111 Å². The highest BCUT2D eigenvalue weighted by Crippen LogP contribution is 2.29. The van der Waals surface area contributed by atoms with Crippen LogP contribution in [0.2, 0.25) is 0 Å². The molecule has 1 amide bonds. The Kier molecular flexibility index (Phi) is 3.74. The number of aliphatic carboxylic acids is 1. The van der Waals surface area contributed by atoms with Gasteiger partial charge in [-0.25, -0.2) is 0 Å². The monoisotopic (exact) mass is 263 g/mol. The van der Waals surface area contributed by atoms with E-state index in [0.29, 0.717) is 12.3 Å². The quantitative estimate of drug-likeness (QED) is 0.839. The third-order valence-electron chi connectivity index (χ3n) is 3.40. The summed E-state index contributed by atoms with van der Waals surface area (Å²) in [6.07, 6.45) is 1.11. The van der Waals surface area contributed by atoms with E-state index in [9.17, 15) is 9.59 Å². The maximum absolute atomic E-state index is 12.1. The molecule has 2 rings (SSSR count). The molecule has 1 aromatic carbocycles. The van der Waals surface area contributed by atoms with Crippen molar-refractivity contribution in [2.75, 3.05) is 18.6 Å². The number of carbonyl (C=O) groups excluding carboxylic acids is 1. The predicted molar refractivity (Wildman–Crippen MR) is 70.5 cm³/mol. The first-order chi connectivity index (χ1) is 9.04. The molecule has 0 aliphatic carbocycles. The van der Waals surface area contributed by atoms with Crippen LogP contribution in [0.25, 0.3) is 0 Å². The highest BCUT2D eigenvalue weighted by molar-refractivity contribution is 6.05. The molecule has 0 radical (unpaired) electrons. The molecule has 19 heavy (non-hydrogen) atoms. The smallest absolute Gasteiger partial charge is 0.316 e. The number of hydrogen-bond donors (Lipinski definition) is 1. The van der Waals surface area contributed by atoms with E-state index in [-0.39, 0.29) is 6.42 Å². The first-order valence-electron chi connectivity index (χ1n) is 6.30. The number of ether oxygens (including phenoxy) is 1. The molecule has 0 saturated heterocycles. The molecule has 1 aliphatic rings. The minimum Gasteiger partial charge on any atom is -0.493 e. The summed E-state index contributed by atoms with van der Waals surface area (Å²) in [6.45, 7) is 2.35. The molecule has 102 valence electrons. The van der Waals surface area contributed by atoms with Crippen LogP contribution in [0.1, 0.15) is 18.9 Å². The van der Waals surface area contributed by atoms with Gasteiger partial charge in [0.2, 0.25) is 5.91 Å². The molecule has 0 fully saturated rings. The van der Waals surface area contributed by atoms with Gasteiger partial charge in [0.1, 0.15) is 11.7 Å². The van der Waals surface area contributed by atoms with Gasteiger partial charge in [-0.15, -0.1) is 0 Å². The number of benzene rings is 1. The van der Waals surface area contributed by atoms with Crippen LogP contribution < -0.4 is 9.64 Å². The lowest BCUT2D eigenvalue weighted by Crippen LogP contribution is -2.36. The Hall–Kier alpha value is -2.04. The highest BCUT2D eigenvalue weighted by Gasteiger charge is 2.28. The van der Waals surface area contributed by atoms with E-state index >= 15 is 0 Å². The molecule has 0 bridgehead atoms. The second kappa shape index (κ2) is 5.30.